The third kappa shape index (κ3) is 4.67. The van der Waals surface area contributed by atoms with E-state index in [0.29, 0.717) is 22.6 Å². The summed E-state index contributed by atoms with van der Waals surface area (Å²) in [4.78, 5) is 43.6. The van der Waals surface area contributed by atoms with Crippen molar-refractivity contribution >= 4 is 34.8 Å². The lowest BCUT2D eigenvalue weighted by Crippen LogP contribution is -2.40. The number of nitro groups is 1. The Morgan fingerprint density at radius 3 is 2.56 bits per heavy atom. The van der Waals surface area contributed by atoms with Crippen LogP contribution < -0.4 is 24.4 Å². The average Bonchev–Trinajstić information content (AvgIpc) is 3.56. The molecule has 0 spiro atoms. The van der Waals surface area contributed by atoms with Crippen molar-refractivity contribution in [2.45, 2.75) is 13.0 Å². The van der Waals surface area contributed by atoms with Gasteiger partial charge in [-0.05, 0) is 36.8 Å². The summed E-state index contributed by atoms with van der Waals surface area (Å²) in [6.07, 6.45) is 1.39. The Bertz CT molecular complexity index is 1910. The van der Waals surface area contributed by atoms with Crippen molar-refractivity contribution in [3.05, 3.63) is 125 Å². The molecule has 0 unspecified atom stereocenters. The Morgan fingerprint density at radius 2 is 1.88 bits per heavy atom. The lowest BCUT2D eigenvalue weighted by Gasteiger charge is -2.25. The number of hydrogen-bond acceptors (Lipinski definition) is 9. The summed E-state index contributed by atoms with van der Waals surface area (Å²) in [6.45, 7) is 1.68. The first-order valence-corrected chi connectivity index (χ1v) is 13.3. The molecular weight excluding hydrogens is 553 g/mol. The molecular formula is C29H20FN3O7S. The molecule has 206 valence electrons. The van der Waals surface area contributed by atoms with Crippen LogP contribution in [0.25, 0.3) is 11.8 Å². The number of carbonyl (C=O) groups is 1. The molecule has 2 aliphatic heterocycles. The molecule has 0 fully saturated rings. The molecule has 4 aromatic rings. The minimum Gasteiger partial charge on any atom is -0.463 e. The summed E-state index contributed by atoms with van der Waals surface area (Å²) in [6, 6.07) is 16.1. The normalized spacial score (nSPS) is 15.9. The first-order valence-electron chi connectivity index (χ1n) is 12.5. The topological polar surface area (TPSA) is 122 Å². The monoisotopic (exact) mass is 573 g/mol. The van der Waals surface area contributed by atoms with Crippen molar-refractivity contribution in [2.24, 2.45) is 4.99 Å². The van der Waals surface area contributed by atoms with Gasteiger partial charge in [0.15, 0.2) is 16.3 Å². The molecule has 0 radical (unpaired) electrons. The number of ether oxygens (including phenoxy) is 3. The summed E-state index contributed by atoms with van der Waals surface area (Å²) in [7, 11) is 0. The number of benzene rings is 3. The number of fused-ring (bicyclic) bond motifs is 2. The number of hydrogen-bond donors (Lipinski definition) is 0. The molecule has 6 rings (SSSR count). The van der Waals surface area contributed by atoms with E-state index in [9.17, 15) is 24.1 Å². The molecule has 12 heteroatoms. The van der Waals surface area contributed by atoms with Gasteiger partial charge >= 0.3 is 5.97 Å². The van der Waals surface area contributed by atoms with Crippen molar-refractivity contribution in [3.63, 3.8) is 0 Å². The predicted molar refractivity (Wildman–Crippen MR) is 147 cm³/mol. The molecule has 0 aliphatic carbocycles. The summed E-state index contributed by atoms with van der Waals surface area (Å²) in [5.74, 6) is -0.612. The third-order valence-electron chi connectivity index (χ3n) is 6.56. The Labute approximate surface area is 235 Å². The molecule has 0 N–H and O–H groups in total. The van der Waals surface area contributed by atoms with Gasteiger partial charge in [0.1, 0.15) is 5.82 Å². The molecule has 3 heterocycles. The van der Waals surface area contributed by atoms with Crippen molar-refractivity contribution < 1.29 is 28.3 Å². The van der Waals surface area contributed by atoms with E-state index in [4.69, 9.17) is 19.2 Å². The van der Waals surface area contributed by atoms with Gasteiger partial charge in [-0.1, -0.05) is 53.8 Å². The van der Waals surface area contributed by atoms with E-state index in [1.54, 1.807) is 31.2 Å². The fourth-order valence-electron chi connectivity index (χ4n) is 4.76. The molecule has 1 aromatic heterocycles. The van der Waals surface area contributed by atoms with E-state index >= 15 is 0 Å². The Balaban J connectivity index is 1.64. The second-order valence-corrected chi connectivity index (χ2v) is 10.0. The van der Waals surface area contributed by atoms with Gasteiger partial charge in [-0.15, -0.1) is 0 Å². The van der Waals surface area contributed by atoms with Gasteiger partial charge in [-0.3, -0.25) is 19.5 Å². The molecule has 0 amide bonds. The second-order valence-electron chi connectivity index (χ2n) is 9.00. The zero-order chi connectivity index (χ0) is 28.7. The smallest absolute Gasteiger partial charge is 0.338 e. The van der Waals surface area contributed by atoms with Gasteiger partial charge in [0.25, 0.3) is 11.2 Å². The third-order valence-corrected chi connectivity index (χ3v) is 7.55. The highest BCUT2D eigenvalue weighted by Gasteiger charge is 2.35. The van der Waals surface area contributed by atoms with Crippen molar-refractivity contribution in [3.8, 4) is 11.5 Å². The lowest BCUT2D eigenvalue weighted by molar-refractivity contribution is -0.385. The van der Waals surface area contributed by atoms with E-state index in [1.165, 1.54) is 47.0 Å². The number of thiazole rings is 1. The van der Waals surface area contributed by atoms with Gasteiger partial charge in [0, 0.05) is 5.56 Å². The molecule has 1 atom stereocenters. The van der Waals surface area contributed by atoms with Crippen LogP contribution in [0.2, 0.25) is 0 Å². The number of esters is 1. The van der Waals surface area contributed by atoms with Crippen molar-refractivity contribution in [2.75, 3.05) is 13.4 Å². The quantitative estimate of drug-likeness (QED) is 0.196. The van der Waals surface area contributed by atoms with Crippen LogP contribution in [0.4, 0.5) is 10.1 Å². The van der Waals surface area contributed by atoms with Gasteiger partial charge < -0.3 is 14.2 Å². The van der Waals surface area contributed by atoms with Crippen LogP contribution in [0, 0.1) is 15.9 Å². The fraction of sp³-hybridized carbons (Fsp3) is 0.138. The number of carbonyl (C=O) groups excluding carboxylic acids is 1. The fourth-order valence-corrected chi connectivity index (χ4v) is 5.75. The summed E-state index contributed by atoms with van der Waals surface area (Å²) in [5.41, 5.74) is 0.816. The summed E-state index contributed by atoms with van der Waals surface area (Å²) >= 11 is 1.01. The first kappa shape index (κ1) is 26.1. The molecule has 3 aromatic carbocycles. The Kier molecular flexibility index (Phi) is 6.67. The second kappa shape index (κ2) is 10.5. The minimum atomic E-state index is -1.00. The van der Waals surface area contributed by atoms with Crippen LogP contribution in [0.5, 0.6) is 11.5 Å². The molecule has 0 saturated carbocycles. The number of aromatic nitrogens is 1. The maximum absolute atomic E-state index is 14.0. The van der Waals surface area contributed by atoms with Crippen LogP contribution in [0.3, 0.4) is 0 Å². The van der Waals surface area contributed by atoms with E-state index in [1.807, 2.05) is 6.07 Å². The van der Waals surface area contributed by atoms with Crippen LogP contribution in [0.15, 0.2) is 82.1 Å². The van der Waals surface area contributed by atoms with Gasteiger partial charge in [0.2, 0.25) is 6.79 Å². The highest BCUT2D eigenvalue weighted by Crippen LogP contribution is 2.38. The lowest BCUT2D eigenvalue weighted by atomic mass is 9.93. The predicted octanol–water partition coefficient (Wildman–Crippen LogP) is 3.71. The highest BCUT2D eigenvalue weighted by molar-refractivity contribution is 7.07. The van der Waals surface area contributed by atoms with Gasteiger partial charge in [0.05, 0.1) is 45.0 Å². The summed E-state index contributed by atoms with van der Waals surface area (Å²) in [5, 5.41) is 11.8. The number of rotatable bonds is 6. The van der Waals surface area contributed by atoms with Crippen molar-refractivity contribution in [1.29, 1.82) is 0 Å². The van der Waals surface area contributed by atoms with E-state index in [0.717, 1.165) is 11.3 Å². The van der Waals surface area contributed by atoms with Crippen molar-refractivity contribution in [1.82, 2.24) is 4.57 Å². The average molecular weight is 574 g/mol. The highest BCUT2D eigenvalue weighted by atomic mass is 32.1. The minimum absolute atomic E-state index is 0.0747. The molecule has 0 saturated heterocycles. The zero-order valence-electron chi connectivity index (χ0n) is 21.4. The number of nitro benzene ring substituents is 1. The van der Waals surface area contributed by atoms with Crippen LogP contribution in [0.1, 0.15) is 29.7 Å². The molecule has 10 nitrogen and oxygen atoms in total. The van der Waals surface area contributed by atoms with E-state index in [2.05, 4.69) is 0 Å². The van der Waals surface area contributed by atoms with Crippen LogP contribution >= 0.6 is 11.3 Å². The largest absolute Gasteiger partial charge is 0.463 e. The standard InChI is InChI=1S/C29H20FN3O7S/c1-2-38-28(35)24-25(16-6-4-3-5-7-16)31-29-32(26(24)17-8-10-19(30)11-9-17)27(34)23(41-29)13-18-12-21-22(40-15-39-21)14-20(18)33(36)37/h3-14,26H,2,15H2,1H3/b23-13-/t26-/m1/s1. The van der Waals surface area contributed by atoms with Crippen LogP contribution in [-0.4, -0.2) is 28.9 Å². The maximum atomic E-state index is 14.0. The van der Waals surface area contributed by atoms with Gasteiger partial charge in [-0.25, -0.2) is 14.2 Å². The Morgan fingerprint density at radius 1 is 1.17 bits per heavy atom. The number of nitrogens with zero attached hydrogens (tertiary/aromatic N) is 3. The zero-order valence-corrected chi connectivity index (χ0v) is 22.2. The SMILES string of the molecule is CCOC(=O)C1=C(c2ccccc2)N=c2s/c(=C\c3cc4c(cc3[N+](=O)[O-])OCO4)c(=O)n2[C@@H]1c1ccc(F)cc1. The van der Waals surface area contributed by atoms with E-state index < -0.39 is 28.3 Å². The first-order chi connectivity index (χ1) is 19.9. The maximum Gasteiger partial charge on any atom is 0.338 e. The molecule has 2 aliphatic rings. The van der Waals surface area contributed by atoms with Gasteiger partial charge in [-0.2, -0.15) is 0 Å². The number of halogens is 1. The van der Waals surface area contributed by atoms with E-state index in [-0.39, 0.29) is 45.3 Å². The molecule has 41 heavy (non-hydrogen) atoms. The van der Waals surface area contributed by atoms with Crippen LogP contribution in [-0.2, 0) is 9.53 Å². The summed E-state index contributed by atoms with van der Waals surface area (Å²) < 4.78 is 31.4. The molecule has 0 bridgehead atoms. The Hall–Kier alpha value is -5.10.